The quantitative estimate of drug-likeness (QED) is 0.462. The largest absolute Gasteiger partial charge is 0.381 e. The van der Waals surface area contributed by atoms with Gasteiger partial charge >= 0.3 is 0 Å². The van der Waals surface area contributed by atoms with Crippen LogP contribution < -0.4 is 5.32 Å². The summed E-state index contributed by atoms with van der Waals surface area (Å²) in [6, 6.07) is 0. The number of rotatable bonds is 15. The molecule has 0 spiro atoms. The van der Waals surface area contributed by atoms with E-state index in [0.29, 0.717) is 0 Å². The number of unbranched alkanes of at least 4 members (excludes halogenated alkanes) is 1. The van der Waals surface area contributed by atoms with Gasteiger partial charge < -0.3 is 14.8 Å². The van der Waals surface area contributed by atoms with E-state index in [-0.39, 0.29) is 0 Å². The van der Waals surface area contributed by atoms with Crippen LogP contribution in [0.5, 0.6) is 0 Å². The van der Waals surface area contributed by atoms with Gasteiger partial charge in [-0.2, -0.15) is 0 Å². The molecule has 0 aromatic heterocycles. The summed E-state index contributed by atoms with van der Waals surface area (Å²) in [5, 5.41) is 3.42. The first-order valence-corrected chi connectivity index (χ1v) is 8.13. The van der Waals surface area contributed by atoms with Gasteiger partial charge in [-0.15, -0.1) is 0 Å². The molecule has 0 aliphatic carbocycles. The second kappa shape index (κ2) is 15.9. The zero-order valence-electron chi connectivity index (χ0n) is 13.4. The standard InChI is InChI=1S/C16H35NO2/c1-4-5-10-17-11-7-13-19-15-8-14-18-12-6-9-16(2)3/h16-17H,4-15H2,1-3H3. The van der Waals surface area contributed by atoms with Crippen LogP contribution in [-0.2, 0) is 9.47 Å². The Labute approximate surface area is 120 Å². The SMILES string of the molecule is CCCCNCCCOCCCOCCCC(C)C. The molecule has 0 aromatic rings. The van der Waals surface area contributed by atoms with Gasteiger partial charge in [-0.05, 0) is 51.1 Å². The van der Waals surface area contributed by atoms with Gasteiger partial charge in [0.25, 0.3) is 0 Å². The average Bonchev–Trinajstić information content (AvgIpc) is 2.39. The van der Waals surface area contributed by atoms with Gasteiger partial charge in [0.05, 0.1) is 0 Å². The van der Waals surface area contributed by atoms with E-state index in [0.717, 1.165) is 58.3 Å². The summed E-state index contributed by atoms with van der Waals surface area (Å²) in [5.41, 5.74) is 0. The third-order valence-electron chi connectivity index (χ3n) is 3.00. The van der Waals surface area contributed by atoms with Crippen molar-refractivity contribution in [3.05, 3.63) is 0 Å². The third kappa shape index (κ3) is 17.9. The molecule has 1 N–H and O–H groups in total. The van der Waals surface area contributed by atoms with Gasteiger partial charge in [0.2, 0.25) is 0 Å². The van der Waals surface area contributed by atoms with Crippen LogP contribution in [0.4, 0.5) is 0 Å². The Morgan fingerprint density at radius 2 is 1.37 bits per heavy atom. The van der Waals surface area contributed by atoms with Crippen LogP contribution >= 0.6 is 0 Å². The molecule has 0 atom stereocenters. The Morgan fingerprint density at radius 1 is 0.789 bits per heavy atom. The van der Waals surface area contributed by atoms with Gasteiger partial charge in [-0.25, -0.2) is 0 Å². The van der Waals surface area contributed by atoms with E-state index in [1.807, 2.05) is 0 Å². The van der Waals surface area contributed by atoms with Gasteiger partial charge in [-0.3, -0.25) is 0 Å². The highest BCUT2D eigenvalue weighted by atomic mass is 16.5. The van der Waals surface area contributed by atoms with E-state index in [2.05, 4.69) is 26.1 Å². The van der Waals surface area contributed by atoms with Crippen molar-refractivity contribution in [3.8, 4) is 0 Å². The number of hydrogen-bond donors (Lipinski definition) is 1. The zero-order valence-corrected chi connectivity index (χ0v) is 13.4. The van der Waals surface area contributed by atoms with Crippen LogP contribution in [0, 0.1) is 5.92 Å². The minimum atomic E-state index is 0.790. The molecule has 0 bridgehead atoms. The van der Waals surface area contributed by atoms with Crippen LogP contribution in [0.1, 0.15) is 59.3 Å². The van der Waals surface area contributed by atoms with Gasteiger partial charge in [-0.1, -0.05) is 27.2 Å². The molecule has 3 nitrogen and oxygen atoms in total. The molecule has 0 aliphatic heterocycles. The monoisotopic (exact) mass is 273 g/mol. The molecule has 0 saturated carbocycles. The molecule has 0 aromatic carbocycles. The molecule has 0 heterocycles. The zero-order chi connectivity index (χ0) is 14.2. The Balaban J connectivity index is 2.91. The second-order valence-corrected chi connectivity index (χ2v) is 5.57. The molecule has 0 amide bonds. The first kappa shape index (κ1) is 18.9. The lowest BCUT2D eigenvalue weighted by atomic mass is 10.1. The predicted molar refractivity (Wildman–Crippen MR) is 82.7 cm³/mol. The predicted octanol–water partition coefficient (Wildman–Crippen LogP) is 3.63. The molecule has 19 heavy (non-hydrogen) atoms. The molecule has 0 aliphatic rings. The summed E-state index contributed by atoms with van der Waals surface area (Å²) >= 11 is 0. The molecule has 0 rings (SSSR count). The summed E-state index contributed by atoms with van der Waals surface area (Å²) in [6.45, 7) is 12.4. The first-order valence-electron chi connectivity index (χ1n) is 8.13. The second-order valence-electron chi connectivity index (χ2n) is 5.57. The highest BCUT2D eigenvalue weighted by Crippen LogP contribution is 2.03. The fourth-order valence-electron chi connectivity index (χ4n) is 1.79. The highest BCUT2D eigenvalue weighted by Gasteiger charge is 1.95. The fraction of sp³-hybridized carbons (Fsp3) is 1.00. The molecule has 0 fully saturated rings. The van der Waals surface area contributed by atoms with Crippen LogP contribution in [-0.4, -0.2) is 39.5 Å². The van der Waals surface area contributed by atoms with E-state index in [1.54, 1.807) is 0 Å². The van der Waals surface area contributed by atoms with E-state index in [9.17, 15) is 0 Å². The summed E-state index contributed by atoms with van der Waals surface area (Å²) in [5.74, 6) is 0.790. The van der Waals surface area contributed by atoms with Gasteiger partial charge in [0.1, 0.15) is 0 Å². The lowest BCUT2D eigenvalue weighted by Gasteiger charge is -2.07. The van der Waals surface area contributed by atoms with E-state index in [1.165, 1.54) is 25.7 Å². The minimum absolute atomic E-state index is 0.790. The molecule has 0 saturated heterocycles. The van der Waals surface area contributed by atoms with Crippen LogP contribution in [0.25, 0.3) is 0 Å². The van der Waals surface area contributed by atoms with Crippen LogP contribution in [0.2, 0.25) is 0 Å². The maximum Gasteiger partial charge on any atom is 0.0487 e. The van der Waals surface area contributed by atoms with Crippen molar-refractivity contribution in [2.24, 2.45) is 5.92 Å². The van der Waals surface area contributed by atoms with Gasteiger partial charge in [0.15, 0.2) is 0 Å². The molecular formula is C16H35NO2. The fourth-order valence-corrected chi connectivity index (χ4v) is 1.79. The molecular weight excluding hydrogens is 238 g/mol. The minimum Gasteiger partial charge on any atom is -0.381 e. The average molecular weight is 273 g/mol. The number of nitrogens with one attached hydrogen (secondary N) is 1. The Kier molecular flexibility index (Phi) is 15.8. The maximum absolute atomic E-state index is 5.56. The normalized spacial score (nSPS) is 11.4. The number of ether oxygens (including phenoxy) is 2. The van der Waals surface area contributed by atoms with Gasteiger partial charge in [0, 0.05) is 26.4 Å². The molecule has 3 heteroatoms. The molecule has 0 unspecified atom stereocenters. The van der Waals surface area contributed by atoms with Crippen molar-refractivity contribution in [1.29, 1.82) is 0 Å². The van der Waals surface area contributed by atoms with Crippen LogP contribution in [0.15, 0.2) is 0 Å². The maximum atomic E-state index is 5.56. The molecule has 0 radical (unpaired) electrons. The lowest BCUT2D eigenvalue weighted by Crippen LogP contribution is -2.18. The Bertz CT molecular complexity index is 163. The Morgan fingerprint density at radius 3 is 2.00 bits per heavy atom. The summed E-state index contributed by atoms with van der Waals surface area (Å²) in [4.78, 5) is 0. The lowest BCUT2D eigenvalue weighted by molar-refractivity contribution is 0.0794. The first-order chi connectivity index (χ1) is 9.27. The highest BCUT2D eigenvalue weighted by molar-refractivity contribution is 4.47. The third-order valence-corrected chi connectivity index (χ3v) is 3.00. The smallest absolute Gasteiger partial charge is 0.0487 e. The molecule has 116 valence electrons. The Hall–Kier alpha value is -0.120. The topological polar surface area (TPSA) is 30.5 Å². The summed E-state index contributed by atoms with van der Waals surface area (Å²) < 4.78 is 11.1. The van der Waals surface area contributed by atoms with Crippen molar-refractivity contribution in [2.45, 2.75) is 59.3 Å². The van der Waals surface area contributed by atoms with Crippen molar-refractivity contribution in [3.63, 3.8) is 0 Å². The van der Waals surface area contributed by atoms with E-state index < -0.39 is 0 Å². The van der Waals surface area contributed by atoms with E-state index >= 15 is 0 Å². The van der Waals surface area contributed by atoms with Crippen molar-refractivity contribution in [1.82, 2.24) is 5.32 Å². The van der Waals surface area contributed by atoms with Crippen LogP contribution in [0.3, 0.4) is 0 Å². The van der Waals surface area contributed by atoms with Crippen molar-refractivity contribution in [2.75, 3.05) is 39.5 Å². The number of hydrogen-bond acceptors (Lipinski definition) is 3. The summed E-state index contributed by atoms with van der Waals surface area (Å²) in [7, 11) is 0. The van der Waals surface area contributed by atoms with Crippen molar-refractivity contribution < 1.29 is 9.47 Å². The van der Waals surface area contributed by atoms with E-state index in [4.69, 9.17) is 9.47 Å². The van der Waals surface area contributed by atoms with Crippen molar-refractivity contribution >= 4 is 0 Å². The summed E-state index contributed by atoms with van der Waals surface area (Å²) in [6.07, 6.45) is 7.11.